The van der Waals surface area contributed by atoms with Crippen LogP contribution >= 0.6 is 0 Å². The van der Waals surface area contributed by atoms with Crippen molar-refractivity contribution in [1.82, 2.24) is 0 Å². The van der Waals surface area contributed by atoms with Crippen LogP contribution in [0.4, 0.5) is 0 Å². The summed E-state index contributed by atoms with van der Waals surface area (Å²) in [5.74, 6) is -4.94. The Labute approximate surface area is 101 Å². The van der Waals surface area contributed by atoms with Gasteiger partial charge in [-0.25, -0.2) is 0 Å². The fraction of sp³-hybridized carbons (Fsp3) is 0.889. The molecule has 0 aromatic rings. The van der Waals surface area contributed by atoms with E-state index in [1.54, 1.807) is 0 Å². The summed E-state index contributed by atoms with van der Waals surface area (Å²) in [5.41, 5.74) is 0. The molecule has 106 valence electrons. The van der Waals surface area contributed by atoms with Gasteiger partial charge < -0.3 is 45.3 Å². The third-order valence-corrected chi connectivity index (χ3v) is 2.78. The van der Waals surface area contributed by atoms with Crippen LogP contribution in [0.15, 0.2) is 0 Å². The number of hydrogen-bond donors (Lipinski definition) is 6. The van der Waals surface area contributed by atoms with Crippen LogP contribution in [0.5, 0.6) is 0 Å². The summed E-state index contributed by atoms with van der Waals surface area (Å²) in [6.07, 6.45) is -9.71. The number of carboxylic acids is 1. The predicted molar refractivity (Wildman–Crippen MR) is 50.6 cm³/mol. The molecular weight excluding hydrogens is 252 g/mol. The molecule has 1 saturated heterocycles. The van der Waals surface area contributed by atoms with Crippen molar-refractivity contribution in [2.45, 2.75) is 42.7 Å². The van der Waals surface area contributed by atoms with Gasteiger partial charge >= 0.3 is 0 Å². The Kier molecular flexibility index (Phi) is 4.61. The van der Waals surface area contributed by atoms with Gasteiger partial charge in [0, 0.05) is 6.42 Å². The number of aliphatic carboxylic acids is 1. The molecule has 1 fully saturated rings. The fourth-order valence-electron chi connectivity index (χ4n) is 1.70. The lowest BCUT2D eigenvalue weighted by molar-refractivity contribution is -0.380. The van der Waals surface area contributed by atoms with Crippen LogP contribution in [-0.2, 0) is 9.53 Å². The number of carbonyl (C=O) groups is 1. The van der Waals surface area contributed by atoms with Crippen molar-refractivity contribution in [3.63, 3.8) is 0 Å². The van der Waals surface area contributed by atoms with Crippen LogP contribution in [0.25, 0.3) is 0 Å². The highest BCUT2D eigenvalue weighted by Gasteiger charge is 2.49. The lowest BCUT2D eigenvalue weighted by Crippen LogP contribution is -2.65. The summed E-state index contributed by atoms with van der Waals surface area (Å²) in [6.45, 7) is -0.881. The first kappa shape index (κ1) is 15.2. The second-order valence-electron chi connectivity index (χ2n) is 4.16. The maximum atomic E-state index is 10.7. The summed E-state index contributed by atoms with van der Waals surface area (Å²) in [7, 11) is 0. The molecule has 6 N–H and O–H groups in total. The van der Waals surface area contributed by atoms with Gasteiger partial charge in [-0.15, -0.1) is 0 Å². The number of carbonyl (C=O) groups excluding carboxylic acids is 1. The fourth-order valence-corrected chi connectivity index (χ4v) is 1.70. The highest BCUT2D eigenvalue weighted by molar-refractivity contribution is 5.73. The molecule has 9 nitrogen and oxygen atoms in total. The first-order chi connectivity index (χ1) is 8.23. The molecule has 5 unspecified atom stereocenters. The van der Waals surface area contributed by atoms with E-state index < -0.39 is 55.3 Å². The number of rotatable bonds is 4. The van der Waals surface area contributed by atoms with Gasteiger partial charge in [-0.2, -0.15) is 0 Å². The third-order valence-electron chi connectivity index (χ3n) is 2.78. The van der Waals surface area contributed by atoms with E-state index in [0.29, 0.717) is 0 Å². The van der Waals surface area contributed by atoms with Gasteiger partial charge in [0.05, 0.1) is 12.7 Å². The van der Waals surface area contributed by atoms with E-state index in [4.69, 9.17) is 5.11 Å². The summed E-state index contributed by atoms with van der Waals surface area (Å²) < 4.78 is 4.57. The number of ether oxygens (including phenoxy) is 1. The Morgan fingerprint density at radius 2 is 2.00 bits per heavy atom. The molecule has 9 heteroatoms. The minimum atomic E-state index is -2.89. The van der Waals surface area contributed by atoms with Gasteiger partial charge in [0.25, 0.3) is 0 Å². The molecule has 0 aromatic carbocycles. The smallest absolute Gasteiger partial charge is 0.210 e. The lowest BCUT2D eigenvalue weighted by Gasteiger charge is -2.44. The van der Waals surface area contributed by atoms with Crippen LogP contribution in [0, 0.1) is 0 Å². The minimum absolute atomic E-state index is 0.852. The molecular formula is C9H15O9-. The van der Waals surface area contributed by atoms with E-state index in [9.17, 15) is 35.4 Å². The number of aliphatic hydroxyl groups is 6. The molecule has 0 radical (unpaired) electrons. The first-order valence-electron chi connectivity index (χ1n) is 5.17. The van der Waals surface area contributed by atoms with Crippen molar-refractivity contribution in [2.75, 3.05) is 6.61 Å². The standard InChI is InChI=1S/C9H16O9/c10-2-4(12)6(14)7-5(13)3(11)1-9(17,18-7)8(15)16/h3-7,10-14,17H,1-2H2,(H,15,16)/p-1/t3?,4?,5-,6?,7?,9?/m0/s1. The Balaban J connectivity index is 2.92. The zero-order valence-corrected chi connectivity index (χ0v) is 9.21. The van der Waals surface area contributed by atoms with Crippen molar-refractivity contribution < 1.29 is 45.3 Å². The third kappa shape index (κ3) is 2.78. The molecule has 0 aliphatic carbocycles. The van der Waals surface area contributed by atoms with Crippen molar-refractivity contribution in [1.29, 1.82) is 0 Å². The van der Waals surface area contributed by atoms with Gasteiger partial charge in [0.15, 0.2) is 0 Å². The summed E-state index contributed by atoms with van der Waals surface area (Å²) in [4.78, 5) is 10.7. The SMILES string of the molecule is O=C([O-])C1(O)CC(O)[C@H](O)C(C(O)C(O)CO)O1. The predicted octanol–water partition coefficient (Wildman–Crippen LogP) is -5.35. The van der Waals surface area contributed by atoms with E-state index >= 15 is 0 Å². The molecule has 18 heavy (non-hydrogen) atoms. The van der Waals surface area contributed by atoms with E-state index in [1.165, 1.54) is 0 Å². The average Bonchev–Trinajstić information content (AvgIpc) is 2.31. The van der Waals surface area contributed by atoms with Crippen LogP contribution in [0.2, 0.25) is 0 Å². The van der Waals surface area contributed by atoms with E-state index in [0.717, 1.165) is 0 Å². The molecule has 1 aliphatic rings. The van der Waals surface area contributed by atoms with Crippen molar-refractivity contribution in [3.05, 3.63) is 0 Å². The van der Waals surface area contributed by atoms with Crippen molar-refractivity contribution >= 4 is 5.97 Å². The highest BCUT2D eigenvalue weighted by Crippen LogP contribution is 2.29. The Morgan fingerprint density at radius 1 is 1.44 bits per heavy atom. The molecule has 1 rings (SSSR count). The zero-order valence-electron chi connectivity index (χ0n) is 9.21. The van der Waals surface area contributed by atoms with Crippen LogP contribution < -0.4 is 5.11 Å². The molecule has 6 atom stereocenters. The maximum absolute atomic E-state index is 10.7. The van der Waals surface area contributed by atoms with Gasteiger partial charge in [0.2, 0.25) is 5.79 Å². The molecule has 0 spiro atoms. The van der Waals surface area contributed by atoms with Gasteiger partial charge in [0.1, 0.15) is 30.4 Å². The minimum Gasteiger partial charge on any atom is -0.544 e. The van der Waals surface area contributed by atoms with E-state index in [1.807, 2.05) is 0 Å². The van der Waals surface area contributed by atoms with E-state index in [-0.39, 0.29) is 0 Å². The number of aliphatic hydroxyl groups excluding tert-OH is 5. The quantitative estimate of drug-likeness (QED) is 0.291. The van der Waals surface area contributed by atoms with Gasteiger partial charge in [-0.05, 0) is 0 Å². The van der Waals surface area contributed by atoms with Crippen LogP contribution in [0.1, 0.15) is 6.42 Å². The molecule has 0 amide bonds. The summed E-state index contributed by atoms with van der Waals surface area (Å²) in [5, 5.41) is 66.4. The second kappa shape index (κ2) is 5.45. The normalized spacial score (nSPS) is 40.2. The van der Waals surface area contributed by atoms with Crippen LogP contribution in [-0.4, -0.2) is 79.5 Å². The summed E-state index contributed by atoms with van der Waals surface area (Å²) >= 11 is 0. The molecule has 1 aliphatic heterocycles. The average molecular weight is 267 g/mol. The summed E-state index contributed by atoms with van der Waals surface area (Å²) in [6, 6.07) is 0. The van der Waals surface area contributed by atoms with Crippen LogP contribution in [0.3, 0.4) is 0 Å². The van der Waals surface area contributed by atoms with Crippen molar-refractivity contribution in [2.24, 2.45) is 0 Å². The molecule has 0 saturated carbocycles. The Bertz CT molecular complexity index is 308. The maximum Gasteiger partial charge on any atom is 0.210 e. The van der Waals surface area contributed by atoms with Gasteiger partial charge in [-0.3, -0.25) is 0 Å². The monoisotopic (exact) mass is 267 g/mol. The Morgan fingerprint density at radius 3 is 2.44 bits per heavy atom. The number of carboxylic acid groups (broad SMARTS) is 1. The molecule has 1 heterocycles. The largest absolute Gasteiger partial charge is 0.544 e. The highest BCUT2D eigenvalue weighted by atomic mass is 16.7. The molecule has 0 bridgehead atoms. The van der Waals surface area contributed by atoms with Crippen molar-refractivity contribution in [3.8, 4) is 0 Å². The van der Waals surface area contributed by atoms with E-state index in [2.05, 4.69) is 4.74 Å². The first-order valence-corrected chi connectivity index (χ1v) is 5.17. The zero-order chi connectivity index (χ0) is 14.1. The number of hydrogen-bond acceptors (Lipinski definition) is 9. The Hall–Kier alpha value is -0.810. The lowest BCUT2D eigenvalue weighted by atomic mass is 9.91. The van der Waals surface area contributed by atoms with Gasteiger partial charge in [-0.1, -0.05) is 0 Å². The molecule has 0 aromatic heterocycles. The topological polar surface area (TPSA) is 171 Å². The second-order valence-corrected chi connectivity index (χ2v) is 4.16.